The van der Waals surface area contributed by atoms with Crippen molar-refractivity contribution < 1.29 is 9.90 Å². The minimum atomic E-state index is -1.20. The molecule has 0 saturated carbocycles. The highest BCUT2D eigenvalue weighted by Gasteiger charge is 2.34. The maximum absolute atomic E-state index is 13.1. The van der Waals surface area contributed by atoms with Crippen LogP contribution in [0.4, 0.5) is 5.69 Å². The van der Waals surface area contributed by atoms with Crippen LogP contribution in [0.3, 0.4) is 0 Å². The second-order valence-corrected chi connectivity index (χ2v) is 8.73. The van der Waals surface area contributed by atoms with Crippen LogP contribution in [0.1, 0.15) is 23.3 Å². The summed E-state index contributed by atoms with van der Waals surface area (Å²) in [6, 6.07) is 21.8. The molecule has 0 radical (unpaired) electrons. The molecule has 0 bridgehead atoms. The first-order valence-electron chi connectivity index (χ1n) is 9.93. The van der Waals surface area contributed by atoms with Gasteiger partial charge in [-0.1, -0.05) is 77.3 Å². The molecule has 1 fully saturated rings. The zero-order valence-corrected chi connectivity index (χ0v) is 18.9. The summed E-state index contributed by atoms with van der Waals surface area (Å²) in [5.41, 5.74) is 2.43. The van der Waals surface area contributed by atoms with Crippen LogP contribution in [-0.2, 0) is 4.79 Å². The first kappa shape index (κ1) is 22.0. The normalized spacial score (nSPS) is 17.5. The van der Waals surface area contributed by atoms with E-state index in [2.05, 4.69) is 4.90 Å². The number of halogens is 3. The van der Waals surface area contributed by atoms with Crippen LogP contribution in [0.5, 0.6) is 0 Å². The van der Waals surface area contributed by atoms with E-state index in [1.807, 2.05) is 48.5 Å². The highest BCUT2D eigenvalue weighted by Crippen LogP contribution is 2.37. The fourth-order valence-electron chi connectivity index (χ4n) is 3.91. The molecule has 7 heteroatoms. The van der Waals surface area contributed by atoms with Crippen molar-refractivity contribution in [1.29, 1.82) is 0 Å². The number of carbonyl (C=O) groups is 1. The molecule has 1 aliphatic heterocycles. The molecule has 0 aliphatic carbocycles. The van der Waals surface area contributed by atoms with Crippen molar-refractivity contribution in [3.8, 4) is 0 Å². The van der Waals surface area contributed by atoms with Crippen LogP contribution in [0.2, 0.25) is 15.1 Å². The van der Waals surface area contributed by atoms with Crippen molar-refractivity contribution in [3.63, 3.8) is 0 Å². The molecular weight excluding hydrogens is 455 g/mol. The number of hydrogen-bond acceptors (Lipinski definition) is 3. The van der Waals surface area contributed by atoms with Crippen molar-refractivity contribution >= 4 is 46.4 Å². The molecule has 1 N–H and O–H groups in total. The van der Waals surface area contributed by atoms with Crippen LogP contribution < -0.4 is 4.90 Å². The molecule has 3 aromatic rings. The summed E-state index contributed by atoms with van der Waals surface area (Å²) >= 11 is 18.7. The Kier molecular flexibility index (Phi) is 6.73. The number of amides is 1. The Morgan fingerprint density at radius 2 is 1.58 bits per heavy atom. The number of benzene rings is 3. The van der Waals surface area contributed by atoms with E-state index in [9.17, 15) is 9.90 Å². The van der Waals surface area contributed by atoms with Crippen LogP contribution in [0.25, 0.3) is 0 Å². The molecule has 4 rings (SSSR count). The molecule has 31 heavy (non-hydrogen) atoms. The molecule has 4 nitrogen and oxygen atoms in total. The monoisotopic (exact) mass is 474 g/mol. The van der Waals surface area contributed by atoms with E-state index in [1.165, 1.54) is 0 Å². The highest BCUT2D eigenvalue weighted by molar-refractivity contribution is 6.36. The van der Waals surface area contributed by atoms with Gasteiger partial charge >= 0.3 is 0 Å². The van der Waals surface area contributed by atoms with Crippen LogP contribution in [0.15, 0.2) is 72.8 Å². The van der Waals surface area contributed by atoms with Gasteiger partial charge in [0.25, 0.3) is 5.91 Å². The third-order valence-corrected chi connectivity index (χ3v) is 6.31. The molecule has 0 aromatic heterocycles. The number of rotatable bonds is 4. The molecule has 0 spiro atoms. The molecule has 3 aromatic carbocycles. The van der Waals surface area contributed by atoms with Crippen molar-refractivity contribution in [3.05, 3.63) is 99.0 Å². The summed E-state index contributed by atoms with van der Waals surface area (Å²) in [5.74, 6) is -0.313. The summed E-state index contributed by atoms with van der Waals surface area (Å²) in [6.45, 7) is 1.43. The predicted octanol–water partition coefficient (Wildman–Crippen LogP) is 5.77. The van der Waals surface area contributed by atoms with Crippen molar-refractivity contribution in [2.24, 2.45) is 0 Å². The maximum atomic E-state index is 13.1. The average Bonchev–Trinajstić information content (AvgIpc) is 2.79. The predicted molar refractivity (Wildman–Crippen MR) is 126 cm³/mol. The minimum Gasteiger partial charge on any atom is -0.378 e. The summed E-state index contributed by atoms with van der Waals surface area (Å²) in [6.07, 6.45) is -1.20. The number of piperazine rings is 1. The van der Waals surface area contributed by atoms with Gasteiger partial charge in [-0.25, -0.2) is 0 Å². The van der Waals surface area contributed by atoms with Crippen molar-refractivity contribution in [2.45, 2.75) is 12.1 Å². The number of hydrogen-bond donors (Lipinski definition) is 1. The first-order chi connectivity index (χ1) is 14.9. The molecular formula is C24H21Cl3N2O2. The minimum absolute atomic E-state index is 0.156. The molecule has 2 atom stereocenters. The van der Waals surface area contributed by atoms with E-state index in [4.69, 9.17) is 34.8 Å². The molecule has 1 saturated heterocycles. The second-order valence-electron chi connectivity index (χ2n) is 7.45. The van der Waals surface area contributed by atoms with E-state index in [-0.39, 0.29) is 11.9 Å². The number of aliphatic hydroxyl groups excluding tert-OH is 1. The smallest absolute Gasteiger partial charge is 0.256 e. The Balaban J connectivity index is 1.64. The number of nitrogens with zero attached hydrogens (tertiary/aromatic N) is 2. The average molecular weight is 476 g/mol. The van der Waals surface area contributed by atoms with Crippen molar-refractivity contribution in [1.82, 2.24) is 4.90 Å². The van der Waals surface area contributed by atoms with E-state index >= 15 is 0 Å². The van der Waals surface area contributed by atoms with Gasteiger partial charge in [0.15, 0.2) is 6.10 Å². The van der Waals surface area contributed by atoms with E-state index < -0.39 is 6.10 Å². The Morgan fingerprint density at radius 3 is 2.26 bits per heavy atom. The molecule has 1 heterocycles. The number of anilines is 1. The van der Waals surface area contributed by atoms with Gasteiger partial charge in [-0.05, 0) is 41.5 Å². The zero-order valence-electron chi connectivity index (χ0n) is 16.6. The van der Waals surface area contributed by atoms with Crippen LogP contribution in [0, 0.1) is 0 Å². The largest absolute Gasteiger partial charge is 0.378 e. The fourth-order valence-corrected chi connectivity index (χ4v) is 4.55. The Bertz CT molecular complexity index is 1060. The summed E-state index contributed by atoms with van der Waals surface area (Å²) in [5, 5.41) is 12.4. The van der Waals surface area contributed by atoms with Gasteiger partial charge in [0, 0.05) is 29.7 Å². The summed E-state index contributed by atoms with van der Waals surface area (Å²) < 4.78 is 0. The second kappa shape index (κ2) is 9.49. The van der Waals surface area contributed by atoms with E-state index in [0.717, 1.165) is 11.3 Å². The van der Waals surface area contributed by atoms with Gasteiger partial charge in [0.1, 0.15) is 0 Å². The van der Waals surface area contributed by atoms with Gasteiger partial charge < -0.3 is 14.9 Å². The van der Waals surface area contributed by atoms with Gasteiger partial charge in [0.05, 0.1) is 16.8 Å². The third-order valence-electron chi connectivity index (χ3n) is 5.52. The number of carbonyl (C=O) groups excluding carboxylic acids is 1. The SMILES string of the molecule is O=C([C@@H](O)c1ccccc1)N1CCN(c2ccc(Cl)cc2Cl)C(c2ccc(Cl)cc2)C1. The van der Waals surface area contributed by atoms with Gasteiger partial charge in [-0.15, -0.1) is 0 Å². The molecule has 1 unspecified atom stereocenters. The summed E-state index contributed by atoms with van der Waals surface area (Å²) in [4.78, 5) is 16.9. The zero-order chi connectivity index (χ0) is 22.0. The lowest BCUT2D eigenvalue weighted by Crippen LogP contribution is -2.51. The lowest BCUT2D eigenvalue weighted by molar-refractivity contribution is -0.141. The van der Waals surface area contributed by atoms with Gasteiger partial charge in [-0.2, -0.15) is 0 Å². The van der Waals surface area contributed by atoms with Gasteiger partial charge in [-0.3, -0.25) is 4.79 Å². The lowest BCUT2D eigenvalue weighted by Gasteiger charge is -2.44. The van der Waals surface area contributed by atoms with E-state index in [0.29, 0.717) is 40.3 Å². The third kappa shape index (κ3) is 4.83. The Morgan fingerprint density at radius 1 is 0.903 bits per heavy atom. The van der Waals surface area contributed by atoms with Gasteiger partial charge in [0.2, 0.25) is 0 Å². The lowest BCUT2D eigenvalue weighted by atomic mass is 10.00. The van der Waals surface area contributed by atoms with Crippen LogP contribution in [-0.4, -0.2) is 35.5 Å². The molecule has 1 amide bonds. The highest BCUT2D eigenvalue weighted by atomic mass is 35.5. The number of aliphatic hydroxyl groups is 1. The Labute approximate surface area is 196 Å². The quantitative estimate of drug-likeness (QED) is 0.521. The molecule has 160 valence electrons. The molecule has 1 aliphatic rings. The topological polar surface area (TPSA) is 43.8 Å². The van der Waals surface area contributed by atoms with Crippen LogP contribution >= 0.6 is 34.8 Å². The first-order valence-corrected chi connectivity index (χ1v) is 11.1. The standard InChI is InChI=1S/C24H21Cl3N2O2/c25-18-8-6-16(7-9-18)22-15-28(24(31)23(30)17-4-2-1-3-5-17)12-13-29(22)21-11-10-19(26)14-20(21)27/h1-11,14,22-23,30H,12-13,15H2/t22?,23-/m0/s1. The fraction of sp³-hybridized carbons (Fsp3) is 0.208. The summed E-state index contributed by atoms with van der Waals surface area (Å²) in [7, 11) is 0. The maximum Gasteiger partial charge on any atom is 0.256 e. The van der Waals surface area contributed by atoms with Crippen molar-refractivity contribution in [2.75, 3.05) is 24.5 Å². The Hall–Kier alpha value is -2.24. The van der Waals surface area contributed by atoms with E-state index in [1.54, 1.807) is 29.2 Å².